The van der Waals surface area contributed by atoms with Crippen molar-refractivity contribution >= 4 is 45.9 Å². The van der Waals surface area contributed by atoms with Crippen molar-refractivity contribution in [2.75, 3.05) is 12.4 Å². The van der Waals surface area contributed by atoms with Crippen LogP contribution < -0.4 is 4.74 Å². The highest BCUT2D eigenvalue weighted by Crippen LogP contribution is 2.32. The molecule has 0 saturated heterocycles. The number of halogens is 1. The zero-order valence-corrected chi connectivity index (χ0v) is 21.3. The first-order valence-corrected chi connectivity index (χ1v) is 12.7. The SMILES string of the molecule is CCc1ccccc1C(=CCSc1ccc(OCC(=O)O)cc1I)c1ccccc1CC. The minimum absolute atomic E-state index is 0.331. The molecule has 0 heterocycles. The summed E-state index contributed by atoms with van der Waals surface area (Å²) in [4.78, 5) is 11.9. The van der Waals surface area contributed by atoms with E-state index in [2.05, 4.69) is 91.0 Å². The van der Waals surface area contributed by atoms with E-state index in [1.54, 1.807) is 11.8 Å². The molecule has 0 atom stereocenters. The number of hydrogen-bond donors (Lipinski definition) is 1. The zero-order chi connectivity index (χ0) is 22.9. The summed E-state index contributed by atoms with van der Waals surface area (Å²) < 4.78 is 6.34. The van der Waals surface area contributed by atoms with Gasteiger partial charge in [0.1, 0.15) is 5.75 Å². The van der Waals surface area contributed by atoms with Crippen LogP contribution in [0.25, 0.3) is 5.57 Å². The van der Waals surface area contributed by atoms with E-state index in [9.17, 15) is 4.79 Å². The molecule has 0 radical (unpaired) electrons. The van der Waals surface area contributed by atoms with Crippen molar-refractivity contribution < 1.29 is 14.6 Å². The quantitative estimate of drug-likeness (QED) is 0.213. The standard InChI is InChI=1S/C27H27IO3S/c1-3-19-9-5-7-11-22(19)24(23-12-8-6-10-20(23)4-2)15-16-32-26-14-13-21(17-25(26)28)31-18-27(29)30/h5-15,17H,3-4,16,18H2,1-2H3,(H,29,30). The van der Waals surface area contributed by atoms with Crippen molar-refractivity contribution in [3.05, 3.63) is 98.6 Å². The van der Waals surface area contributed by atoms with Crippen molar-refractivity contribution in [2.45, 2.75) is 31.6 Å². The molecule has 0 aliphatic heterocycles. The molecule has 0 spiro atoms. The number of carboxylic acid groups (broad SMARTS) is 1. The second kappa shape index (κ2) is 12.1. The molecule has 3 aromatic carbocycles. The highest BCUT2D eigenvalue weighted by molar-refractivity contribution is 14.1. The molecule has 32 heavy (non-hydrogen) atoms. The molecule has 0 unspecified atom stereocenters. The molecule has 0 amide bonds. The summed E-state index contributed by atoms with van der Waals surface area (Å²) in [7, 11) is 0. The predicted molar refractivity (Wildman–Crippen MR) is 142 cm³/mol. The van der Waals surface area contributed by atoms with Crippen molar-refractivity contribution in [1.29, 1.82) is 0 Å². The van der Waals surface area contributed by atoms with Crippen molar-refractivity contribution in [3.63, 3.8) is 0 Å². The molecule has 166 valence electrons. The van der Waals surface area contributed by atoms with Crippen LogP contribution in [0.3, 0.4) is 0 Å². The molecule has 0 fully saturated rings. The summed E-state index contributed by atoms with van der Waals surface area (Å²) in [5.74, 6) is 0.429. The third-order valence-corrected chi connectivity index (χ3v) is 7.43. The third kappa shape index (κ3) is 6.39. The second-order valence-electron chi connectivity index (χ2n) is 7.22. The van der Waals surface area contributed by atoms with Gasteiger partial charge >= 0.3 is 5.97 Å². The van der Waals surface area contributed by atoms with Crippen LogP contribution in [0.15, 0.2) is 77.7 Å². The Morgan fingerprint density at radius 1 is 0.969 bits per heavy atom. The molecule has 0 bridgehead atoms. The summed E-state index contributed by atoms with van der Waals surface area (Å²) in [5.41, 5.74) is 6.57. The number of aliphatic carboxylic acids is 1. The Hall–Kier alpha value is -2.25. The number of carbonyl (C=O) groups is 1. The first kappa shape index (κ1) is 24.4. The van der Waals surface area contributed by atoms with Crippen molar-refractivity contribution in [1.82, 2.24) is 0 Å². The Kier molecular flexibility index (Phi) is 9.23. The Labute approximate surface area is 208 Å². The molecule has 0 aliphatic rings. The van der Waals surface area contributed by atoms with Crippen LogP contribution in [-0.4, -0.2) is 23.4 Å². The number of aryl methyl sites for hydroxylation is 2. The number of rotatable bonds is 10. The van der Waals surface area contributed by atoms with Gasteiger partial charge in [0.05, 0.1) is 0 Å². The third-order valence-electron chi connectivity index (χ3n) is 5.17. The summed E-state index contributed by atoms with van der Waals surface area (Å²) in [5, 5.41) is 8.79. The lowest BCUT2D eigenvalue weighted by Crippen LogP contribution is -2.09. The number of carboxylic acids is 1. The topological polar surface area (TPSA) is 46.5 Å². The van der Waals surface area contributed by atoms with Crippen LogP contribution in [0.4, 0.5) is 0 Å². The number of hydrogen-bond acceptors (Lipinski definition) is 3. The molecule has 0 saturated carbocycles. The van der Waals surface area contributed by atoms with E-state index in [-0.39, 0.29) is 6.61 Å². The molecule has 3 aromatic rings. The van der Waals surface area contributed by atoms with E-state index in [1.165, 1.54) is 27.8 Å². The average molecular weight is 558 g/mol. The van der Waals surface area contributed by atoms with Gasteiger partial charge in [-0.2, -0.15) is 0 Å². The lowest BCUT2D eigenvalue weighted by molar-refractivity contribution is -0.139. The lowest BCUT2D eigenvalue weighted by atomic mass is 9.89. The van der Waals surface area contributed by atoms with Gasteiger partial charge in [-0.1, -0.05) is 68.5 Å². The van der Waals surface area contributed by atoms with Gasteiger partial charge in [0.25, 0.3) is 0 Å². The monoisotopic (exact) mass is 558 g/mol. The fraction of sp³-hybridized carbons (Fsp3) is 0.222. The predicted octanol–water partition coefficient (Wildman–Crippen LogP) is 7.10. The van der Waals surface area contributed by atoms with Crippen molar-refractivity contribution in [2.24, 2.45) is 0 Å². The van der Waals surface area contributed by atoms with E-state index in [0.717, 1.165) is 27.1 Å². The number of ether oxygens (including phenoxy) is 1. The first-order valence-electron chi connectivity index (χ1n) is 10.7. The summed E-state index contributed by atoms with van der Waals surface area (Å²) >= 11 is 4.05. The van der Waals surface area contributed by atoms with Crippen molar-refractivity contribution in [3.8, 4) is 5.75 Å². The van der Waals surface area contributed by atoms with E-state index in [1.807, 2.05) is 18.2 Å². The normalized spacial score (nSPS) is 10.6. The highest BCUT2D eigenvalue weighted by atomic mass is 127. The fourth-order valence-electron chi connectivity index (χ4n) is 3.60. The van der Waals surface area contributed by atoms with Gasteiger partial charge in [0.15, 0.2) is 6.61 Å². The maximum Gasteiger partial charge on any atom is 0.341 e. The highest BCUT2D eigenvalue weighted by Gasteiger charge is 2.12. The second-order valence-corrected chi connectivity index (χ2v) is 9.45. The maximum absolute atomic E-state index is 10.7. The van der Waals surface area contributed by atoms with Gasteiger partial charge in [-0.3, -0.25) is 0 Å². The Morgan fingerprint density at radius 3 is 2.09 bits per heavy atom. The Balaban J connectivity index is 1.88. The van der Waals surface area contributed by atoms with Gasteiger partial charge in [0, 0.05) is 14.2 Å². The Morgan fingerprint density at radius 2 is 1.56 bits per heavy atom. The van der Waals surface area contributed by atoms with Gasteiger partial charge in [0.2, 0.25) is 0 Å². The lowest BCUT2D eigenvalue weighted by Gasteiger charge is -2.16. The molecule has 1 N–H and O–H groups in total. The zero-order valence-electron chi connectivity index (χ0n) is 18.3. The molecule has 3 nitrogen and oxygen atoms in total. The smallest absolute Gasteiger partial charge is 0.341 e. The fourth-order valence-corrected chi connectivity index (χ4v) is 5.34. The maximum atomic E-state index is 10.7. The Bertz CT molecular complexity index is 1060. The van der Waals surface area contributed by atoms with Crippen LogP contribution in [0.5, 0.6) is 5.75 Å². The minimum Gasteiger partial charge on any atom is -0.482 e. The van der Waals surface area contributed by atoms with Gasteiger partial charge in [-0.05, 0) is 81.5 Å². The molecule has 3 rings (SSSR count). The van der Waals surface area contributed by atoms with Crippen LogP contribution in [0.2, 0.25) is 0 Å². The largest absolute Gasteiger partial charge is 0.482 e. The molecule has 0 aliphatic carbocycles. The molecule has 5 heteroatoms. The van der Waals surface area contributed by atoms with Crippen LogP contribution in [-0.2, 0) is 17.6 Å². The van der Waals surface area contributed by atoms with E-state index >= 15 is 0 Å². The molecular weight excluding hydrogens is 531 g/mol. The average Bonchev–Trinajstić information content (AvgIpc) is 2.81. The molecular formula is C27H27IO3S. The van der Waals surface area contributed by atoms with E-state index in [0.29, 0.717) is 5.75 Å². The summed E-state index contributed by atoms with van der Waals surface area (Å²) in [6.07, 6.45) is 4.31. The minimum atomic E-state index is -0.976. The summed E-state index contributed by atoms with van der Waals surface area (Å²) in [6, 6.07) is 23.0. The van der Waals surface area contributed by atoms with Crippen LogP contribution >= 0.6 is 34.4 Å². The van der Waals surface area contributed by atoms with Gasteiger partial charge < -0.3 is 9.84 Å². The number of thioether (sulfide) groups is 1. The van der Waals surface area contributed by atoms with Gasteiger partial charge in [-0.15, -0.1) is 11.8 Å². The van der Waals surface area contributed by atoms with E-state index in [4.69, 9.17) is 9.84 Å². The molecule has 0 aromatic heterocycles. The van der Waals surface area contributed by atoms with Gasteiger partial charge in [-0.25, -0.2) is 4.79 Å². The number of benzene rings is 3. The van der Waals surface area contributed by atoms with E-state index < -0.39 is 5.97 Å². The van der Waals surface area contributed by atoms with Crippen LogP contribution in [0.1, 0.15) is 36.1 Å². The van der Waals surface area contributed by atoms with Crippen LogP contribution in [0, 0.1) is 3.57 Å². The first-order chi connectivity index (χ1) is 15.5. The summed E-state index contributed by atoms with van der Waals surface area (Å²) in [6.45, 7) is 4.07.